The molecule has 0 aliphatic heterocycles. The molecule has 0 heterocycles. The Balaban J connectivity index is 0. The van der Waals surface area contributed by atoms with E-state index in [1.807, 2.05) is 55.4 Å². The van der Waals surface area contributed by atoms with Crippen LogP contribution in [0.15, 0.2) is 12.7 Å². The highest BCUT2D eigenvalue weighted by molar-refractivity contribution is 6.00. The summed E-state index contributed by atoms with van der Waals surface area (Å²) in [6.45, 7) is 23.2. The van der Waals surface area contributed by atoms with Gasteiger partial charge in [-0.25, -0.2) is 0 Å². The smallest absolute Gasteiger partial charge is 0.151 e. The van der Waals surface area contributed by atoms with Gasteiger partial charge in [0.25, 0.3) is 0 Å². The van der Waals surface area contributed by atoms with Gasteiger partial charge in [0.15, 0.2) is 5.78 Å². The summed E-state index contributed by atoms with van der Waals surface area (Å²) in [7, 11) is 0. The van der Waals surface area contributed by atoms with Gasteiger partial charge in [0, 0.05) is 16.2 Å². The van der Waals surface area contributed by atoms with E-state index in [4.69, 9.17) is 0 Å². The minimum atomic E-state index is -0.792. The fourth-order valence-corrected chi connectivity index (χ4v) is 2.56. The SMILES string of the molecule is C=CC(C)(CC)C(=O)C(C)(C)CC.CCC(C)(C)C(=O)C(C)(C=O)CC. The van der Waals surface area contributed by atoms with Gasteiger partial charge < -0.3 is 4.79 Å². The first-order valence-electron chi connectivity index (χ1n) is 9.87. The molecule has 0 saturated heterocycles. The highest BCUT2D eigenvalue weighted by atomic mass is 16.1. The lowest BCUT2D eigenvalue weighted by Crippen LogP contribution is -2.39. The highest BCUT2D eigenvalue weighted by Gasteiger charge is 2.40. The van der Waals surface area contributed by atoms with Gasteiger partial charge in [-0.15, -0.1) is 6.58 Å². The van der Waals surface area contributed by atoms with Gasteiger partial charge in [-0.2, -0.15) is 0 Å². The number of Topliss-reactive ketones (excluding diaryl/α,β-unsaturated/α-hetero) is 2. The molecule has 152 valence electrons. The molecule has 3 heteroatoms. The lowest BCUT2D eigenvalue weighted by atomic mass is 9.70. The Kier molecular flexibility index (Phi) is 10.6. The number of hydrogen-bond acceptors (Lipinski definition) is 3. The molecule has 26 heavy (non-hydrogen) atoms. The molecule has 0 aliphatic rings. The van der Waals surface area contributed by atoms with Crippen LogP contribution >= 0.6 is 0 Å². The number of allylic oxidation sites excluding steroid dienone is 1. The van der Waals surface area contributed by atoms with E-state index in [1.165, 1.54) is 0 Å². The summed E-state index contributed by atoms with van der Waals surface area (Å²) < 4.78 is 0. The third-order valence-corrected chi connectivity index (χ3v) is 6.21. The number of hydrogen-bond donors (Lipinski definition) is 0. The minimum Gasteiger partial charge on any atom is -0.302 e. The first kappa shape index (κ1) is 27.0. The van der Waals surface area contributed by atoms with Crippen LogP contribution in [0.1, 0.15) is 94.9 Å². The highest BCUT2D eigenvalue weighted by Crippen LogP contribution is 2.35. The number of rotatable bonds is 10. The van der Waals surface area contributed by atoms with Crippen LogP contribution in [0.5, 0.6) is 0 Å². The molecule has 0 radical (unpaired) electrons. The lowest BCUT2D eigenvalue weighted by Gasteiger charge is -2.32. The number of aldehydes is 1. The maximum atomic E-state index is 12.1. The molecule has 2 atom stereocenters. The van der Waals surface area contributed by atoms with Crippen LogP contribution in [0.4, 0.5) is 0 Å². The van der Waals surface area contributed by atoms with Crippen LogP contribution in [-0.2, 0) is 14.4 Å². The topological polar surface area (TPSA) is 51.2 Å². The summed E-state index contributed by atoms with van der Waals surface area (Å²) in [5.74, 6) is 0.361. The van der Waals surface area contributed by atoms with Crippen molar-refractivity contribution in [2.75, 3.05) is 0 Å². The summed E-state index contributed by atoms with van der Waals surface area (Å²) in [5, 5.41) is 0. The van der Waals surface area contributed by atoms with E-state index in [0.29, 0.717) is 12.2 Å². The van der Waals surface area contributed by atoms with Crippen LogP contribution < -0.4 is 0 Å². The second-order valence-corrected chi connectivity index (χ2v) is 9.00. The zero-order valence-electron chi connectivity index (χ0n) is 18.9. The molecule has 0 aromatic heterocycles. The molecule has 2 unspecified atom stereocenters. The maximum Gasteiger partial charge on any atom is 0.151 e. The quantitative estimate of drug-likeness (QED) is 0.263. The molecule has 0 N–H and O–H groups in total. The maximum absolute atomic E-state index is 12.1. The monoisotopic (exact) mass is 366 g/mol. The Morgan fingerprint density at radius 3 is 1.19 bits per heavy atom. The van der Waals surface area contributed by atoms with Crippen LogP contribution in [0.25, 0.3) is 0 Å². The molecule has 0 bridgehead atoms. The lowest BCUT2D eigenvalue weighted by molar-refractivity contribution is -0.141. The Labute approximate surface area is 162 Å². The predicted octanol–water partition coefficient (Wildman–Crippen LogP) is 6.20. The third-order valence-electron chi connectivity index (χ3n) is 6.21. The summed E-state index contributed by atoms with van der Waals surface area (Å²) in [4.78, 5) is 34.9. The van der Waals surface area contributed by atoms with Gasteiger partial charge in [0.2, 0.25) is 0 Å². The van der Waals surface area contributed by atoms with Crippen molar-refractivity contribution in [1.29, 1.82) is 0 Å². The molecule has 0 aliphatic carbocycles. The van der Waals surface area contributed by atoms with Gasteiger partial charge in [0.05, 0.1) is 5.41 Å². The summed E-state index contributed by atoms with van der Waals surface area (Å²) >= 11 is 0. The van der Waals surface area contributed by atoms with Crippen molar-refractivity contribution in [3.63, 3.8) is 0 Å². The van der Waals surface area contributed by atoms with E-state index in [9.17, 15) is 14.4 Å². The van der Waals surface area contributed by atoms with Crippen LogP contribution in [-0.4, -0.2) is 17.9 Å². The van der Waals surface area contributed by atoms with Crippen molar-refractivity contribution in [2.45, 2.75) is 94.9 Å². The molecule has 0 spiro atoms. The second-order valence-electron chi connectivity index (χ2n) is 9.00. The minimum absolute atomic E-state index is 0.0556. The molecule has 0 saturated carbocycles. The van der Waals surface area contributed by atoms with Gasteiger partial charge in [-0.1, -0.05) is 61.5 Å². The number of ketones is 2. The Hall–Kier alpha value is -1.25. The predicted molar refractivity (Wildman–Crippen MR) is 111 cm³/mol. The Bertz CT molecular complexity index is 456. The first-order chi connectivity index (χ1) is 11.7. The van der Waals surface area contributed by atoms with Gasteiger partial charge >= 0.3 is 0 Å². The third kappa shape index (κ3) is 6.48. The van der Waals surface area contributed by atoms with Crippen molar-refractivity contribution in [3.05, 3.63) is 12.7 Å². The zero-order chi connectivity index (χ0) is 21.4. The number of carbonyl (C=O) groups excluding carboxylic acids is 3. The zero-order valence-corrected chi connectivity index (χ0v) is 18.9. The van der Waals surface area contributed by atoms with Crippen molar-refractivity contribution < 1.29 is 14.4 Å². The normalized spacial score (nSPS) is 16.4. The van der Waals surface area contributed by atoms with Crippen molar-refractivity contribution in [2.24, 2.45) is 21.7 Å². The summed E-state index contributed by atoms with van der Waals surface area (Å²) in [5.41, 5.74) is -1.75. The molecule has 3 nitrogen and oxygen atoms in total. The van der Waals surface area contributed by atoms with E-state index in [0.717, 1.165) is 25.5 Å². The molecule has 0 fully saturated rings. The van der Waals surface area contributed by atoms with E-state index in [1.54, 1.807) is 13.0 Å². The van der Waals surface area contributed by atoms with Gasteiger partial charge in [-0.05, 0) is 39.5 Å². The van der Waals surface area contributed by atoms with Crippen LogP contribution in [0.2, 0.25) is 0 Å². The molecule has 0 rings (SSSR count). The van der Waals surface area contributed by atoms with Gasteiger partial charge in [0.1, 0.15) is 12.1 Å². The average molecular weight is 367 g/mol. The van der Waals surface area contributed by atoms with Crippen LogP contribution in [0, 0.1) is 21.7 Å². The standard InChI is InChI=1S/C12H22O.C11H20O2/c1-7-11(4,5)10(13)12(6,8-2)9-3;1-6-10(3,4)9(13)11(5,7-2)8-12/h8H,2,7,9H2,1,3-6H3;8H,6-7H2,1-5H3. The van der Waals surface area contributed by atoms with E-state index >= 15 is 0 Å². The summed E-state index contributed by atoms with van der Waals surface area (Å²) in [6.07, 6.45) is 5.64. The van der Waals surface area contributed by atoms with E-state index < -0.39 is 5.41 Å². The van der Waals surface area contributed by atoms with Crippen molar-refractivity contribution >= 4 is 17.9 Å². The molecule has 0 aromatic carbocycles. The fraction of sp³-hybridized carbons (Fsp3) is 0.783. The summed E-state index contributed by atoms with van der Waals surface area (Å²) in [6, 6.07) is 0. The first-order valence-corrected chi connectivity index (χ1v) is 9.87. The number of carbonyl (C=O) groups is 3. The Morgan fingerprint density at radius 1 is 0.692 bits per heavy atom. The van der Waals surface area contributed by atoms with Crippen molar-refractivity contribution in [3.8, 4) is 0 Å². The molecule has 0 amide bonds. The van der Waals surface area contributed by atoms with Gasteiger partial charge in [-0.3, -0.25) is 9.59 Å². The fourth-order valence-electron chi connectivity index (χ4n) is 2.56. The van der Waals surface area contributed by atoms with E-state index in [-0.39, 0.29) is 22.0 Å². The largest absolute Gasteiger partial charge is 0.302 e. The van der Waals surface area contributed by atoms with Crippen molar-refractivity contribution in [1.82, 2.24) is 0 Å². The second kappa shape index (κ2) is 10.2. The van der Waals surface area contributed by atoms with E-state index in [2.05, 4.69) is 13.5 Å². The molecule has 0 aromatic rings. The average Bonchev–Trinajstić information content (AvgIpc) is 2.65. The molecular formula is C23H42O3. The van der Waals surface area contributed by atoms with Crippen LogP contribution in [0.3, 0.4) is 0 Å². The Morgan fingerprint density at radius 2 is 1.00 bits per heavy atom. The molecular weight excluding hydrogens is 324 g/mol.